The number of guanidine groups is 1. The van der Waals surface area contributed by atoms with E-state index in [-0.39, 0.29) is 30.5 Å². The first-order chi connectivity index (χ1) is 10.8. The number of halogens is 1. The molecular weight excluding hydrogens is 443 g/mol. The Morgan fingerprint density at radius 2 is 1.88 bits per heavy atom. The highest BCUT2D eigenvalue weighted by atomic mass is 127. The van der Waals surface area contributed by atoms with Crippen LogP contribution in [0.3, 0.4) is 0 Å². The summed E-state index contributed by atoms with van der Waals surface area (Å²) in [5.74, 6) is 0.672. The van der Waals surface area contributed by atoms with E-state index in [4.69, 9.17) is 4.74 Å². The minimum atomic E-state index is -3.13. The summed E-state index contributed by atoms with van der Waals surface area (Å²) in [6.07, 6.45) is 2.27. The van der Waals surface area contributed by atoms with E-state index in [1.165, 1.54) is 6.26 Å². The first-order valence-electron chi connectivity index (χ1n) is 8.28. The van der Waals surface area contributed by atoms with Gasteiger partial charge >= 0.3 is 0 Å². The Morgan fingerprint density at radius 1 is 1.25 bits per heavy atom. The van der Waals surface area contributed by atoms with Gasteiger partial charge in [-0.2, -0.15) is 0 Å². The Hall–Kier alpha value is -0.130. The van der Waals surface area contributed by atoms with E-state index in [0.717, 1.165) is 52.4 Å². The van der Waals surface area contributed by atoms with Crippen LogP contribution in [0, 0.1) is 0 Å². The average Bonchev–Trinajstić information content (AvgIpc) is 2.49. The second-order valence-corrected chi connectivity index (χ2v) is 9.11. The highest BCUT2D eigenvalue weighted by Gasteiger charge is 2.29. The number of hydrogen-bond acceptors (Lipinski definition) is 5. The van der Waals surface area contributed by atoms with Gasteiger partial charge in [-0.05, 0) is 33.7 Å². The molecule has 0 aromatic heterocycles. The van der Waals surface area contributed by atoms with Crippen molar-refractivity contribution in [2.75, 3.05) is 58.7 Å². The molecule has 1 aliphatic heterocycles. The molecule has 1 heterocycles. The first kappa shape index (κ1) is 23.9. The van der Waals surface area contributed by atoms with Crippen LogP contribution in [0.25, 0.3) is 0 Å². The monoisotopic (exact) mass is 476 g/mol. The molecule has 0 radical (unpaired) electrons. The lowest BCUT2D eigenvalue weighted by atomic mass is 10.2. The maximum Gasteiger partial charge on any atom is 0.191 e. The van der Waals surface area contributed by atoms with Gasteiger partial charge in [-0.15, -0.1) is 24.0 Å². The Bertz CT molecular complexity index is 477. The Kier molecular flexibility index (Phi) is 11.4. The van der Waals surface area contributed by atoms with Crippen molar-refractivity contribution in [3.8, 4) is 0 Å². The zero-order valence-corrected chi connectivity index (χ0v) is 18.4. The summed E-state index contributed by atoms with van der Waals surface area (Å²) in [5.41, 5.74) is 0. The number of morpholine rings is 1. The van der Waals surface area contributed by atoms with Gasteiger partial charge in [0.1, 0.15) is 0 Å². The van der Waals surface area contributed by atoms with E-state index in [9.17, 15) is 8.42 Å². The van der Waals surface area contributed by atoms with E-state index < -0.39 is 14.6 Å². The van der Waals surface area contributed by atoms with Gasteiger partial charge in [-0.25, -0.2) is 8.42 Å². The highest BCUT2D eigenvalue weighted by molar-refractivity contribution is 14.0. The summed E-state index contributed by atoms with van der Waals surface area (Å²) in [7, 11) is -3.13. The maximum atomic E-state index is 11.7. The second-order valence-electron chi connectivity index (χ2n) is 6.46. The number of nitrogens with one attached hydrogen (secondary N) is 2. The molecule has 24 heavy (non-hydrogen) atoms. The summed E-state index contributed by atoms with van der Waals surface area (Å²) in [6, 6.07) is 0. The van der Waals surface area contributed by atoms with Crippen molar-refractivity contribution in [3.05, 3.63) is 0 Å². The smallest absolute Gasteiger partial charge is 0.191 e. The predicted molar refractivity (Wildman–Crippen MR) is 110 cm³/mol. The van der Waals surface area contributed by atoms with Crippen LogP contribution in [0.15, 0.2) is 4.99 Å². The zero-order valence-electron chi connectivity index (χ0n) is 15.3. The number of rotatable bonds is 8. The molecule has 0 amide bonds. The molecule has 1 aliphatic rings. The molecule has 9 heteroatoms. The first-order valence-corrected chi connectivity index (χ1v) is 10.2. The summed E-state index contributed by atoms with van der Waals surface area (Å²) < 4.78 is 27.9. The predicted octanol–water partition coefficient (Wildman–Crippen LogP) is 0.705. The molecule has 1 rings (SSSR count). The van der Waals surface area contributed by atoms with Crippen LogP contribution in [0.1, 0.15) is 27.2 Å². The van der Waals surface area contributed by atoms with Crippen LogP contribution < -0.4 is 10.6 Å². The van der Waals surface area contributed by atoms with Crippen molar-refractivity contribution in [2.45, 2.75) is 31.9 Å². The number of aliphatic imine (C=N–C) groups is 1. The van der Waals surface area contributed by atoms with Crippen LogP contribution in [-0.4, -0.2) is 82.8 Å². The largest absolute Gasteiger partial charge is 0.379 e. The van der Waals surface area contributed by atoms with Crippen LogP contribution in [0.4, 0.5) is 0 Å². The molecule has 0 spiro atoms. The van der Waals surface area contributed by atoms with Crippen molar-refractivity contribution < 1.29 is 13.2 Å². The summed E-state index contributed by atoms with van der Waals surface area (Å²) in [5, 5.41) is 6.43. The van der Waals surface area contributed by atoms with Gasteiger partial charge in [0.15, 0.2) is 15.8 Å². The fraction of sp³-hybridized carbons (Fsp3) is 0.933. The lowest BCUT2D eigenvalue weighted by molar-refractivity contribution is 0.0376. The molecule has 0 aliphatic carbocycles. The molecule has 144 valence electrons. The van der Waals surface area contributed by atoms with Gasteiger partial charge in [0.25, 0.3) is 0 Å². The van der Waals surface area contributed by atoms with Gasteiger partial charge in [0, 0.05) is 32.4 Å². The highest BCUT2D eigenvalue weighted by Crippen LogP contribution is 2.15. The van der Waals surface area contributed by atoms with Gasteiger partial charge in [0.05, 0.1) is 24.5 Å². The van der Waals surface area contributed by atoms with Gasteiger partial charge in [-0.3, -0.25) is 9.89 Å². The zero-order chi connectivity index (χ0) is 17.3. The number of ether oxygens (including phenoxy) is 1. The third kappa shape index (κ3) is 8.82. The average molecular weight is 476 g/mol. The Morgan fingerprint density at radius 3 is 2.42 bits per heavy atom. The Labute approximate surface area is 163 Å². The maximum absolute atomic E-state index is 11.7. The summed E-state index contributed by atoms with van der Waals surface area (Å²) >= 11 is 0. The summed E-state index contributed by atoms with van der Waals surface area (Å²) in [6.45, 7) is 11.9. The third-order valence-corrected chi connectivity index (χ3v) is 6.15. The molecule has 0 aromatic carbocycles. The molecule has 1 fully saturated rings. The van der Waals surface area contributed by atoms with Crippen molar-refractivity contribution in [1.29, 1.82) is 0 Å². The Balaban J connectivity index is 0.00000529. The molecule has 7 nitrogen and oxygen atoms in total. The molecule has 0 bridgehead atoms. The third-order valence-electron chi connectivity index (χ3n) is 4.01. The normalized spacial score (nSPS) is 17.2. The molecule has 0 atom stereocenters. The fourth-order valence-electron chi connectivity index (χ4n) is 2.06. The number of sulfone groups is 1. The lowest BCUT2D eigenvalue weighted by Gasteiger charge is -2.26. The van der Waals surface area contributed by atoms with Crippen molar-refractivity contribution in [3.63, 3.8) is 0 Å². The minimum Gasteiger partial charge on any atom is -0.379 e. The van der Waals surface area contributed by atoms with Gasteiger partial charge < -0.3 is 15.4 Å². The van der Waals surface area contributed by atoms with Crippen molar-refractivity contribution in [1.82, 2.24) is 15.5 Å². The second kappa shape index (κ2) is 11.5. The quantitative estimate of drug-likeness (QED) is 0.232. The van der Waals surface area contributed by atoms with Crippen LogP contribution in [-0.2, 0) is 14.6 Å². The molecule has 0 aromatic rings. The van der Waals surface area contributed by atoms with Crippen molar-refractivity contribution >= 4 is 39.8 Å². The fourth-order valence-corrected chi connectivity index (χ4v) is 2.36. The minimum absolute atomic E-state index is 0. The molecule has 0 saturated carbocycles. The van der Waals surface area contributed by atoms with Crippen LogP contribution in [0.2, 0.25) is 0 Å². The van der Waals surface area contributed by atoms with E-state index >= 15 is 0 Å². The lowest BCUT2D eigenvalue weighted by Crippen LogP contribution is -2.42. The standard InChI is InChI=1S/C15H32N4O3S.HI/c1-5-16-14(18-13-15(2,3)23(4,20)21)17-7-6-8-19-9-11-22-12-10-19;/h5-13H2,1-4H3,(H2,16,17,18);1H. The molecular formula is C15H33IN4O3S. The number of nitrogens with zero attached hydrogens (tertiary/aromatic N) is 2. The van der Waals surface area contributed by atoms with E-state index in [1.54, 1.807) is 13.8 Å². The van der Waals surface area contributed by atoms with Crippen LogP contribution in [0.5, 0.6) is 0 Å². The van der Waals surface area contributed by atoms with Crippen molar-refractivity contribution in [2.24, 2.45) is 4.99 Å². The summed E-state index contributed by atoms with van der Waals surface area (Å²) in [4.78, 5) is 6.81. The molecule has 0 unspecified atom stereocenters. The molecule has 1 saturated heterocycles. The van der Waals surface area contributed by atoms with Crippen LogP contribution >= 0.6 is 24.0 Å². The topological polar surface area (TPSA) is 83.0 Å². The van der Waals surface area contributed by atoms with Gasteiger partial charge in [0.2, 0.25) is 0 Å². The van der Waals surface area contributed by atoms with E-state index in [0.29, 0.717) is 5.96 Å². The SMILES string of the molecule is CCNC(=NCC(C)(C)S(C)(=O)=O)NCCCN1CCOCC1.I. The van der Waals surface area contributed by atoms with Gasteiger partial charge in [-0.1, -0.05) is 0 Å². The van der Waals surface area contributed by atoms with E-state index in [1.807, 2.05) is 6.92 Å². The van der Waals surface area contributed by atoms with E-state index in [2.05, 4.69) is 20.5 Å². The molecule has 2 N–H and O–H groups in total. The number of hydrogen-bond donors (Lipinski definition) is 2.